The normalized spacial score (nSPS) is 10.8. The largest absolute Gasteiger partial charge is 0.364 e. The molecule has 0 amide bonds. The molecule has 4 aromatic rings. The van der Waals surface area contributed by atoms with Gasteiger partial charge in [0.15, 0.2) is 0 Å². The maximum absolute atomic E-state index is 4.85. The van der Waals surface area contributed by atoms with E-state index in [0.717, 1.165) is 33.7 Å². The molecule has 122 valence electrons. The van der Waals surface area contributed by atoms with E-state index in [1.165, 1.54) is 5.56 Å². The highest BCUT2D eigenvalue weighted by atomic mass is 15.0. The molecule has 4 heteroatoms. The van der Waals surface area contributed by atoms with Crippen molar-refractivity contribution in [2.24, 2.45) is 0 Å². The fourth-order valence-electron chi connectivity index (χ4n) is 2.84. The molecule has 0 aliphatic heterocycles. The first-order valence-electron chi connectivity index (χ1n) is 8.26. The van der Waals surface area contributed by atoms with Crippen LogP contribution in [0.4, 0.5) is 5.82 Å². The first-order chi connectivity index (χ1) is 12.3. The Morgan fingerprint density at radius 3 is 2.64 bits per heavy atom. The van der Waals surface area contributed by atoms with E-state index in [1.807, 2.05) is 42.6 Å². The number of anilines is 1. The highest BCUT2D eigenvalue weighted by molar-refractivity contribution is 5.91. The van der Waals surface area contributed by atoms with Crippen molar-refractivity contribution in [1.82, 2.24) is 15.0 Å². The van der Waals surface area contributed by atoms with Gasteiger partial charge in [-0.25, -0.2) is 4.98 Å². The third-order valence-corrected chi connectivity index (χ3v) is 4.08. The van der Waals surface area contributed by atoms with Gasteiger partial charge in [-0.15, -0.1) is 0 Å². The molecule has 0 aliphatic rings. The summed E-state index contributed by atoms with van der Waals surface area (Å²) in [5.74, 6) is 0.827. The zero-order valence-corrected chi connectivity index (χ0v) is 14.0. The summed E-state index contributed by atoms with van der Waals surface area (Å²) in [6.07, 6.45) is 3.61. The van der Waals surface area contributed by atoms with Crippen molar-refractivity contribution in [3.63, 3.8) is 0 Å². The van der Waals surface area contributed by atoms with Crippen molar-refractivity contribution in [1.29, 1.82) is 0 Å². The van der Waals surface area contributed by atoms with E-state index in [0.29, 0.717) is 6.54 Å². The Morgan fingerprint density at radius 1 is 0.880 bits per heavy atom. The molecule has 0 saturated carbocycles. The van der Waals surface area contributed by atoms with Gasteiger partial charge in [-0.3, -0.25) is 9.97 Å². The lowest BCUT2D eigenvalue weighted by atomic mass is 10.1. The van der Waals surface area contributed by atoms with E-state index in [1.54, 1.807) is 6.20 Å². The molecule has 0 radical (unpaired) electrons. The van der Waals surface area contributed by atoms with Crippen LogP contribution in [0.3, 0.4) is 0 Å². The average molecular weight is 326 g/mol. The molecule has 0 bridgehead atoms. The number of nitrogens with zero attached hydrogens (tertiary/aromatic N) is 3. The van der Waals surface area contributed by atoms with Gasteiger partial charge < -0.3 is 5.32 Å². The summed E-state index contributed by atoms with van der Waals surface area (Å²) >= 11 is 0. The number of hydrogen-bond acceptors (Lipinski definition) is 4. The molecule has 0 fully saturated rings. The lowest BCUT2D eigenvalue weighted by molar-refractivity contribution is 1.03. The Balaban J connectivity index is 1.76. The van der Waals surface area contributed by atoms with Crippen LogP contribution in [0, 0.1) is 6.92 Å². The predicted octanol–water partition coefficient (Wildman–Crippen LogP) is 4.61. The number of aryl methyl sites for hydroxylation is 1. The summed E-state index contributed by atoms with van der Waals surface area (Å²) in [5, 5.41) is 4.42. The molecule has 3 heterocycles. The third-order valence-electron chi connectivity index (χ3n) is 4.08. The number of rotatable bonds is 4. The van der Waals surface area contributed by atoms with E-state index in [-0.39, 0.29) is 0 Å². The number of aromatic nitrogens is 3. The van der Waals surface area contributed by atoms with Crippen LogP contribution in [0.1, 0.15) is 11.3 Å². The third kappa shape index (κ3) is 3.33. The molecule has 0 atom stereocenters. The van der Waals surface area contributed by atoms with E-state index in [2.05, 4.69) is 46.5 Å². The molecular weight excluding hydrogens is 308 g/mol. The van der Waals surface area contributed by atoms with E-state index >= 15 is 0 Å². The van der Waals surface area contributed by atoms with Gasteiger partial charge in [0.05, 0.1) is 23.4 Å². The number of pyridine rings is 3. The van der Waals surface area contributed by atoms with Gasteiger partial charge in [0.1, 0.15) is 5.82 Å². The Hall–Kier alpha value is -3.27. The van der Waals surface area contributed by atoms with Crippen molar-refractivity contribution in [3.05, 3.63) is 84.3 Å². The molecule has 4 nitrogen and oxygen atoms in total. The molecule has 0 spiro atoms. The van der Waals surface area contributed by atoms with Gasteiger partial charge in [0, 0.05) is 23.3 Å². The van der Waals surface area contributed by atoms with Gasteiger partial charge in [-0.05, 0) is 43.3 Å². The highest BCUT2D eigenvalue weighted by Gasteiger charge is 2.09. The number of fused-ring (bicyclic) bond motifs is 1. The Bertz CT molecular complexity index is 1010. The van der Waals surface area contributed by atoms with Crippen LogP contribution in [0.5, 0.6) is 0 Å². The fourth-order valence-corrected chi connectivity index (χ4v) is 2.84. The van der Waals surface area contributed by atoms with Crippen LogP contribution >= 0.6 is 0 Å². The lowest BCUT2D eigenvalue weighted by Gasteiger charge is -2.11. The Labute approximate surface area is 146 Å². The van der Waals surface area contributed by atoms with Crippen molar-refractivity contribution in [2.45, 2.75) is 13.5 Å². The minimum Gasteiger partial charge on any atom is -0.364 e. The maximum atomic E-state index is 4.85. The SMILES string of the molecule is Cc1cccc(-c2cc3ncccc3c(NCc3ccccn3)n2)c1. The molecule has 0 saturated heterocycles. The zero-order valence-electron chi connectivity index (χ0n) is 14.0. The minimum absolute atomic E-state index is 0.620. The van der Waals surface area contributed by atoms with Crippen molar-refractivity contribution in [2.75, 3.05) is 5.32 Å². The number of nitrogens with one attached hydrogen (secondary N) is 1. The molecule has 1 aromatic carbocycles. The topological polar surface area (TPSA) is 50.7 Å². The number of hydrogen-bond donors (Lipinski definition) is 1. The number of benzene rings is 1. The smallest absolute Gasteiger partial charge is 0.136 e. The van der Waals surface area contributed by atoms with Crippen molar-refractivity contribution >= 4 is 16.7 Å². The molecule has 3 aromatic heterocycles. The quantitative estimate of drug-likeness (QED) is 0.595. The average Bonchev–Trinajstić information content (AvgIpc) is 2.67. The molecule has 0 aliphatic carbocycles. The zero-order chi connectivity index (χ0) is 17.1. The first kappa shape index (κ1) is 15.3. The molecule has 1 N–H and O–H groups in total. The van der Waals surface area contributed by atoms with Crippen LogP contribution in [0.2, 0.25) is 0 Å². The molecule has 25 heavy (non-hydrogen) atoms. The summed E-state index contributed by atoms with van der Waals surface area (Å²) in [6.45, 7) is 2.71. The highest BCUT2D eigenvalue weighted by Crippen LogP contribution is 2.27. The monoisotopic (exact) mass is 326 g/mol. The van der Waals surface area contributed by atoms with Gasteiger partial charge in [0.25, 0.3) is 0 Å². The summed E-state index contributed by atoms with van der Waals surface area (Å²) in [5.41, 5.74) is 5.12. The summed E-state index contributed by atoms with van der Waals surface area (Å²) in [7, 11) is 0. The van der Waals surface area contributed by atoms with Crippen LogP contribution in [0.25, 0.3) is 22.2 Å². The second-order valence-electron chi connectivity index (χ2n) is 5.97. The minimum atomic E-state index is 0.620. The van der Waals surface area contributed by atoms with E-state index in [4.69, 9.17) is 4.98 Å². The summed E-state index contributed by atoms with van der Waals surface area (Å²) < 4.78 is 0. The van der Waals surface area contributed by atoms with Crippen LogP contribution < -0.4 is 5.32 Å². The Morgan fingerprint density at radius 2 is 1.80 bits per heavy atom. The maximum Gasteiger partial charge on any atom is 0.136 e. The fraction of sp³-hybridized carbons (Fsp3) is 0.0952. The first-order valence-corrected chi connectivity index (χ1v) is 8.26. The van der Waals surface area contributed by atoms with Gasteiger partial charge in [-0.1, -0.05) is 29.8 Å². The van der Waals surface area contributed by atoms with E-state index in [9.17, 15) is 0 Å². The van der Waals surface area contributed by atoms with Crippen LogP contribution in [-0.2, 0) is 6.54 Å². The Kier molecular flexibility index (Phi) is 4.09. The van der Waals surface area contributed by atoms with Crippen LogP contribution in [0.15, 0.2) is 73.1 Å². The van der Waals surface area contributed by atoms with E-state index < -0.39 is 0 Å². The molecular formula is C21H18N4. The van der Waals surface area contributed by atoms with Gasteiger partial charge in [0.2, 0.25) is 0 Å². The second-order valence-corrected chi connectivity index (χ2v) is 5.97. The second kappa shape index (κ2) is 6.69. The standard InChI is InChI=1S/C21H18N4/c1-15-6-4-7-16(12-15)19-13-20-18(9-5-11-23-20)21(25-19)24-14-17-8-2-3-10-22-17/h2-13H,14H2,1H3,(H,24,25). The predicted molar refractivity (Wildman–Crippen MR) is 101 cm³/mol. The van der Waals surface area contributed by atoms with Gasteiger partial charge >= 0.3 is 0 Å². The van der Waals surface area contributed by atoms with Gasteiger partial charge in [-0.2, -0.15) is 0 Å². The lowest BCUT2D eigenvalue weighted by Crippen LogP contribution is -2.04. The van der Waals surface area contributed by atoms with Crippen molar-refractivity contribution < 1.29 is 0 Å². The van der Waals surface area contributed by atoms with Crippen LogP contribution in [-0.4, -0.2) is 15.0 Å². The molecule has 0 unspecified atom stereocenters. The van der Waals surface area contributed by atoms with Crippen molar-refractivity contribution in [3.8, 4) is 11.3 Å². The summed E-state index contributed by atoms with van der Waals surface area (Å²) in [4.78, 5) is 13.7. The summed E-state index contributed by atoms with van der Waals surface area (Å²) in [6, 6.07) is 20.3. The molecule has 4 rings (SSSR count).